The van der Waals surface area contributed by atoms with Gasteiger partial charge in [0.25, 0.3) is 10.0 Å². The van der Waals surface area contributed by atoms with Gasteiger partial charge in [0.05, 0.1) is 5.52 Å². The summed E-state index contributed by atoms with van der Waals surface area (Å²) in [4.78, 5) is 6.31. The predicted molar refractivity (Wildman–Crippen MR) is 62.8 cm³/mol. The molecule has 0 aliphatic heterocycles. The van der Waals surface area contributed by atoms with Crippen molar-refractivity contribution in [1.82, 2.24) is 4.98 Å². The number of azide groups is 1. The van der Waals surface area contributed by atoms with Crippen LogP contribution in [0.1, 0.15) is 5.56 Å². The number of aryl methyl sites for hydroxylation is 1. The fraction of sp³-hybridized carbons (Fsp3) is 0.100. The van der Waals surface area contributed by atoms with Gasteiger partial charge in [0, 0.05) is 21.0 Å². The lowest BCUT2D eigenvalue weighted by atomic mass is 10.2. The van der Waals surface area contributed by atoms with Crippen LogP contribution in [0, 0.1) is 6.92 Å². The molecule has 0 atom stereocenters. The molecule has 0 amide bonds. The number of aromatic nitrogens is 1. The van der Waals surface area contributed by atoms with Gasteiger partial charge >= 0.3 is 0 Å². The van der Waals surface area contributed by atoms with E-state index in [1.54, 1.807) is 18.3 Å². The average Bonchev–Trinajstić information content (AvgIpc) is 2.27. The van der Waals surface area contributed by atoms with Gasteiger partial charge in [-0.3, -0.25) is 4.98 Å². The molecule has 0 unspecified atom stereocenters. The third kappa shape index (κ3) is 2.06. The molecule has 2 aromatic rings. The molecule has 0 N–H and O–H groups in total. The van der Waals surface area contributed by atoms with Gasteiger partial charge in [-0.15, -0.1) is 0 Å². The topological polar surface area (TPSA) is 95.8 Å². The van der Waals surface area contributed by atoms with Crippen molar-refractivity contribution in [2.45, 2.75) is 11.8 Å². The molecule has 0 bridgehead atoms. The number of pyridine rings is 1. The predicted octanol–water partition coefficient (Wildman–Crippen LogP) is 2.54. The second kappa shape index (κ2) is 4.04. The Morgan fingerprint density at radius 3 is 2.88 bits per heavy atom. The van der Waals surface area contributed by atoms with Gasteiger partial charge in [0.15, 0.2) is 0 Å². The van der Waals surface area contributed by atoms with Crippen LogP contribution in [0.4, 0.5) is 0 Å². The number of rotatable bonds is 2. The van der Waals surface area contributed by atoms with Gasteiger partial charge < -0.3 is 0 Å². The van der Waals surface area contributed by atoms with E-state index in [2.05, 4.69) is 14.4 Å². The van der Waals surface area contributed by atoms with Crippen LogP contribution in [-0.2, 0) is 10.0 Å². The van der Waals surface area contributed by atoms with Crippen molar-refractivity contribution in [2.75, 3.05) is 0 Å². The lowest BCUT2D eigenvalue weighted by Crippen LogP contribution is -1.98. The van der Waals surface area contributed by atoms with E-state index >= 15 is 0 Å². The highest BCUT2D eigenvalue weighted by atomic mass is 32.2. The van der Waals surface area contributed by atoms with Gasteiger partial charge in [-0.05, 0) is 30.2 Å². The monoisotopic (exact) mass is 248 g/mol. The quantitative estimate of drug-likeness (QED) is 0.464. The van der Waals surface area contributed by atoms with Gasteiger partial charge in [0.2, 0.25) is 0 Å². The molecule has 0 radical (unpaired) electrons. The molecule has 0 saturated carbocycles. The summed E-state index contributed by atoms with van der Waals surface area (Å²) in [5, 5.41) is 0.694. The first kappa shape index (κ1) is 11.4. The Kier molecular flexibility index (Phi) is 2.71. The van der Waals surface area contributed by atoms with Crippen LogP contribution in [0.25, 0.3) is 21.3 Å². The number of fused-ring (bicyclic) bond motifs is 1. The van der Waals surface area contributed by atoms with Crippen molar-refractivity contribution < 1.29 is 8.42 Å². The lowest BCUT2D eigenvalue weighted by molar-refractivity contribution is 0.598. The maximum Gasteiger partial charge on any atom is 0.266 e. The van der Waals surface area contributed by atoms with Crippen molar-refractivity contribution in [2.24, 2.45) is 4.52 Å². The van der Waals surface area contributed by atoms with Crippen LogP contribution in [0.15, 0.2) is 39.9 Å². The highest BCUT2D eigenvalue weighted by Crippen LogP contribution is 2.23. The van der Waals surface area contributed by atoms with Crippen molar-refractivity contribution >= 4 is 20.9 Å². The summed E-state index contributed by atoms with van der Waals surface area (Å²) in [5.41, 5.74) is 9.48. The van der Waals surface area contributed by atoms with Crippen LogP contribution in [0.2, 0.25) is 0 Å². The van der Waals surface area contributed by atoms with E-state index in [0.29, 0.717) is 10.9 Å². The normalized spacial score (nSPS) is 11.1. The summed E-state index contributed by atoms with van der Waals surface area (Å²) >= 11 is 0. The largest absolute Gasteiger partial charge is 0.266 e. The zero-order valence-electron chi connectivity index (χ0n) is 8.90. The number of hydrogen-bond acceptors (Lipinski definition) is 3. The minimum absolute atomic E-state index is 0.0761. The summed E-state index contributed by atoms with van der Waals surface area (Å²) in [7, 11) is -4.00. The second-order valence-electron chi connectivity index (χ2n) is 3.49. The number of para-hydroxylation sites is 1. The van der Waals surface area contributed by atoms with E-state index in [4.69, 9.17) is 5.53 Å². The zero-order chi connectivity index (χ0) is 12.5. The van der Waals surface area contributed by atoms with Crippen LogP contribution < -0.4 is 0 Å². The highest BCUT2D eigenvalue weighted by Gasteiger charge is 2.16. The smallest absolute Gasteiger partial charge is 0.255 e. The first-order chi connectivity index (χ1) is 8.04. The standard InChI is InChI=1S/C10H8N4O2S/c1-7-5-8-3-2-4-9(10(8)12-6-7)17(15,16)14-13-11/h2-6H,1H3. The molecule has 6 nitrogen and oxygen atoms in total. The Morgan fingerprint density at radius 1 is 1.41 bits per heavy atom. The van der Waals surface area contributed by atoms with Crippen molar-refractivity contribution in [3.05, 3.63) is 46.5 Å². The molecule has 0 aliphatic rings. The molecule has 2 rings (SSSR count). The van der Waals surface area contributed by atoms with Crippen LogP contribution in [0.5, 0.6) is 0 Å². The number of sulfonamides is 1. The molecule has 0 spiro atoms. The molecular formula is C10H8N4O2S. The SMILES string of the molecule is Cc1cnc2c(S(=O)(=O)N=[N+]=[N-])cccc2c1. The second-order valence-corrected chi connectivity index (χ2v) is 5.04. The van der Waals surface area contributed by atoms with Gasteiger partial charge in [-0.2, -0.15) is 0 Å². The molecular weight excluding hydrogens is 240 g/mol. The van der Waals surface area contributed by atoms with E-state index in [1.165, 1.54) is 6.07 Å². The Hall–Kier alpha value is -2.11. The van der Waals surface area contributed by atoms with Crippen molar-refractivity contribution in [1.29, 1.82) is 0 Å². The van der Waals surface area contributed by atoms with Gasteiger partial charge in [-0.25, -0.2) is 8.42 Å². The molecule has 17 heavy (non-hydrogen) atoms. The molecule has 0 fully saturated rings. The summed E-state index contributed by atoms with van der Waals surface area (Å²) in [6.45, 7) is 1.86. The van der Waals surface area contributed by atoms with E-state index in [0.717, 1.165) is 5.56 Å². The summed E-state index contributed by atoms with van der Waals surface area (Å²) < 4.78 is 26.2. The van der Waals surface area contributed by atoms with E-state index in [-0.39, 0.29) is 4.90 Å². The fourth-order valence-corrected chi connectivity index (χ4v) is 2.39. The summed E-state index contributed by atoms with van der Waals surface area (Å²) in [6.07, 6.45) is 1.57. The van der Waals surface area contributed by atoms with Crippen LogP contribution in [-0.4, -0.2) is 13.4 Å². The average molecular weight is 248 g/mol. The third-order valence-electron chi connectivity index (χ3n) is 2.23. The summed E-state index contributed by atoms with van der Waals surface area (Å²) in [6, 6.07) is 6.53. The summed E-state index contributed by atoms with van der Waals surface area (Å²) in [5.74, 6) is 0. The zero-order valence-corrected chi connectivity index (χ0v) is 9.72. The third-order valence-corrected chi connectivity index (χ3v) is 3.41. The Bertz CT molecular complexity index is 733. The Labute approximate surface area is 97.6 Å². The number of hydrogen-bond donors (Lipinski definition) is 0. The van der Waals surface area contributed by atoms with Gasteiger partial charge in [-0.1, -0.05) is 12.1 Å². The molecule has 7 heteroatoms. The maximum absolute atomic E-state index is 11.7. The molecule has 0 saturated heterocycles. The van der Waals surface area contributed by atoms with Crippen LogP contribution in [0.3, 0.4) is 0 Å². The minimum atomic E-state index is -4.00. The van der Waals surface area contributed by atoms with Crippen molar-refractivity contribution in [3.8, 4) is 0 Å². The fourth-order valence-electron chi connectivity index (χ4n) is 1.54. The molecule has 1 aromatic carbocycles. The molecule has 1 aromatic heterocycles. The number of benzene rings is 1. The first-order valence-corrected chi connectivity index (χ1v) is 6.15. The first-order valence-electron chi connectivity index (χ1n) is 4.71. The maximum atomic E-state index is 11.7. The lowest BCUT2D eigenvalue weighted by Gasteiger charge is -2.03. The highest BCUT2D eigenvalue weighted by molar-refractivity contribution is 7.90. The van der Waals surface area contributed by atoms with E-state index in [9.17, 15) is 8.42 Å². The van der Waals surface area contributed by atoms with Crippen LogP contribution >= 0.6 is 0 Å². The molecule has 86 valence electrons. The Balaban J connectivity index is 2.84. The molecule has 0 aliphatic carbocycles. The minimum Gasteiger partial charge on any atom is -0.255 e. The van der Waals surface area contributed by atoms with Crippen molar-refractivity contribution in [3.63, 3.8) is 0 Å². The van der Waals surface area contributed by atoms with E-state index in [1.807, 2.05) is 13.0 Å². The van der Waals surface area contributed by atoms with Gasteiger partial charge in [0.1, 0.15) is 4.90 Å². The molecule has 1 heterocycles. The number of nitrogens with zero attached hydrogens (tertiary/aromatic N) is 4. The van der Waals surface area contributed by atoms with E-state index < -0.39 is 10.0 Å². The Morgan fingerprint density at radius 2 is 2.18 bits per heavy atom.